The molecule has 1 aromatic rings. The SMILES string of the molecule is CN(c1ccc(C#N)cn1)C1CCC1. The highest BCUT2D eigenvalue weighted by Crippen LogP contribution is 2.26. The van der Waals surface area contributed by atoms with Gasteiger partial charge in [-0.2, -0.15) is 5.26 Å². The second-order valence-electron chi connectivity index (χ2n) is 3.71. The van der Waals surface area contributed by atoms with Gasteiger partial charge in [-0.1, -0.05) is 0 Å². The molecule has 0 amide bonds. The number of aromatic nitrogens is 1. The van der Waals surface area contributed by atoms with Gasteiger partial charge in [-0.05, 0) is 31.4 Å². The molecule has 3 heteroatoms. The van der Waals surface area contributed by atoms with Gasteiger partial charge in [0.15, 0.2) is 0 Å². The summed E-state index contributed by atoms with van der Waals surface area (Å²) in [6.45, 7) is 0. The van der Waals surface area contributed by atoms with Crippen molar-refractivity contribution in [3.63, 3.8) is 0 Å². The highest BCUT2D eigenvalue weighted by molar-refractivity contribution is 5.42. The molecule has 1 aromatic heterocycles. The van der Waals surface area contributed by atoms with Gasteiger partial charge in [0, 0.05) is 19.3 Å². The first kappa shape index (κ1) is 9.01. The fourth-order valence-corrected chi connectivity index (χ4v) is 1.62. The Morgan fingerprint density at radius 1 is 1.50 bits per heavy atom. The third kappa shape index (κ3) is 1.56. The van der Waals surface area contributed by atoms with E-state index in [9.17, 15) is 0 Å². The molecule has 14 heavy (non-hydrogen) atoms. The van der Waals surface area contributed by atoms with E-state index in [1.54, 1.807) is 6.20 Å². The summed E-state index contributed by atoms with van der Waals surface area (Å²) in [5.74, 6) is 0.966. The largest absolute Gasteiger partial charge is 0.357 e. The van der Waals surface area contributed by atoms with E-state index in [1.807, 2.05) is 12.1 Å². The zero-order chi connectivity index (χ0) is 9.97. The number of nitriles is 1. The van der Waals surface area contributed by atoms with E-state index in [0.717, 1.165) is 5.82 Å². The summed E-state index contributed by atoms with van der Waals surface area (Å²) in [5.41, 5.74) is 0.621. The Morgan fingerprint density at radius 2 is 2.29 bits per heavy atom. The molecule has 0 aliphatic heterocycles. The molecule has 0 spiro atoms. The van der Waals surface area contributed by atoms with Gasteiger partial charge in [-0.25, -0.2) is 4.98 Å². The highest BCUT2D eigenvalue weighted by Gasteiger charge is 2.22. The topological polar surface area (TPSA) is 39.9 Å². The van der Waals surface area contributed by atoms with Crippen LogP contribution in [0.5, 0.6) is 0 Å². The maximum Gasteiger partial charge on any atom is 0.128 e. The lowest BCUT2D eigenvalue weighted by Crippen LogP contribution is -2.37. The molecule has 0 radical (unpaired) electrons. The van der Waals surface area contributed by atoms with Crippen molar-refractivity contribution in [3.8, 4) is 6.07 Å². The first-order valence-corrected chi connectivity index (χ1v) is 4.90. The minimum atomic E-state index is 0.621. The molecule has 1 heterocycles. The van der Waals surface area contributed by atoms with Crippen LogP contribution in [0.1, 0.15) is 24.8 Å². The summed E-state index contributed by atoms with van der Waals surface area (Å²) in [6, 6.07) is 6.45. The Bertz CT molecular complexity index is 346. The third-order valence-corrected chi connectivity index (χ3v) is 2.86. The van der Waals surface area contributed by atoms with Crippen molar-refractivity contribution in [1.82, 2.24) is 4.98 Å². The van der Waals surface area contributed by atoms with Crippen LogP contribution in [0.15, 0.2) is 18.3 Å². The Balaban J connectivity index is 2.12. The van der Waals surface area contributed by atoms with E-state index in [0.29, 0.717) is 11.6 Å². The quantitative estimate of drug-likeness (QED) is 0.710. The molecular formula is C11H13N3. The van der Waals surface area contributed by atoms with Crippen molar-refractivity contribution in [2.75, 3.05) is 11.9 Å². The molecular weight excluding hydrogens is 174 g/mol. The summed E-state index contributed by atoms with van der Waals surface area (Å²) < 4.78 is 0. The van der Waals surface area contributed by atoms with Crippen molar-refractivity contribution >= 4 is 5.82 Å². The van der Waals surface area contributed by atoms with Crippen molar-refractivity contribution < 1.29 is 0 Å². The zero-order valence-corrected chi connectivity index (χ0v) is 8.27. The van der Waals surface area contributed by atoms with Gasteiger partial charge in [0.25, 0.3) is 0 Å². The van der Waals surface area contributed by atoms with Crippen LogP contribution in [-0.4, -0.2) is 18.1 Å². The second-order valence-corrected chi connectivity index (χ2v) is 3.71. The fourth-order valence-electron chi connectivity index (χ4n) is 1.62. The Kier molecular flexibility index (Phi) is 2.36. The Hall–Kier alpha value is -1.56. The predicted octanol–water partition coefficient (Wildman–Crippen LogP) is 1.94. The first-order valence-electron chi connectivity index (χ1n) is 4.90. The van der Waals surface area contributed by atoms with Crippen LogP contribution in [-0.2, 0) is 0 Å². The molecule has 0 N–H and O–H groups in total. The monoisotopic (exact) mass is 187 g/mol. The van der Waals surface area contributed by atoms with Gasteiger partial charge in [-0.15, -0.1) is 0 Å². The minimum absolute atomic E-state index is 0.621. The van der Waals surface area contributed by atoms with Gasteiger partial charge < -0.3 is 4.90 Å². The number of pyridine rings is 1. The van der Waals surface area contributed by atoms with Gasteiger partial charge in [0.05, 0.1) is 5.56 Å². The molecule has 0 bridgehead atoms. The molecule has 2 rings (SSSR count). The summed E-state index contributed by atoms with van der Waals surface area (Å²) in [7, 11) is 2.07. The van der Waals surface area contributed by atoms with Crippen molar-refractivity contribution in [2.24, 2.45) is 0 Å². The highest BCUT2D eigenvalue weighted by atomic mass is 15.2. The molecule has 1 saturated carbocycles. The number of nitrogens with zero attached hydrogens (tertiary/aromatic N) is 3. The smallest absolute Gasteiger partial charge is 0.128 e. The second kappa shape index (κ2) is 3.67. The van der Waals surface area contributed by atoms with Crippen molar-refractivity contribution in [1.29, 1.82) is 5.26 Å². The van der Waals surface area contributed by atoms with Gasteiger partial charge in [0.1, 0.15) is 11.9 Å². The lowest BCUT2D eigenvalue weighted by molar-refractivity contribution is 0.399. The van der Waals surface area contributed by atoms with Crippen LogP contribution in [0, 0.1) is 11.3 Å². The van der Waals surface area contributed by atoms with Crippen LogP contribution in [0.2, 0.25) is 0 Å². The van der Waals surface area contributed by atoms with Crippen LogP contribution in [0.3, 0.4) is 0 Å². The number of hydrogen-bond donors (Lipinski definition) is 0. The van der Waals surface area contributed by atoms with Gasteiger partial charge in [0.2, 0.25) is 0 Å². The molecule has 72 valence electrons. The van der Waals surface area contributed by atoms with Crippen molar-refractivity contribution in [3.05, 3.63) is 23.9 Å². The van der Waals surface area contributed by atoms with E-state index in [1.165, 1.54) is 19.3 Å². The van der Waals surface area contributed by atoms with Crippen LogP contribution in [0.4, 0.5) is 5.82 Å². The average molecular weight is 187 g/mol. The van der Waals surface area contributed by atoms with E-state index in [4.69, 9.17) is 5.26 Å². The summed E-state index contributed by atoms with van der Waals surface area (Å²) >= 11 is 0. The van der Waals surface area contributed by atoms with Crippen molar-refractivity contribution in [2.45, 2.75) is 25.3 Å². The molecule has 0 saturated heterocycles. The third-order valence-electron chi connectivity index (χ3n) is 2.86. The van der Waals surface area contributed by atoms with E-state index in [-0.39, 0.29) is 0 Å². The molecule has 0 atom stereocenters. The molecule has 0 unspecified atom stereocenters. The Morgan fingerprint density at radius 3 is 2.71 bits per heavy atom. The number of anilines is 1. The molecule has 3 nitrogen and oxygen atoms in total. The normalized spacial score (nSPS) is 15.7. The maximum absolute atomic E-state index is 8.63. The van der Waals surface area contributed by atoms with E-state index in [2.05, 4.69) is 23.0 Å². The van der Waals surface area contributed by atoms with Crippen LogP contribution in [0.25, 0.3) is 0 Å². The fraction of sp³-hybridized carbons (Fsp3) is 0.455. The average Bonchev–Trinajstić information content (AvgIpc) is 2.15. The summed E-state index contributed by atoms with van der Waals surface area (Å²) in [6.07, 6.45) is 5.48. The maximum atomic E-state index is 8.63. The summed E-state index contributed by atoms with van der Waals surface area (Å²) in [4.78, 5) is 6.45. The molecule has 1 aliphatic carbocycles. The zero-order valence-electron chi connectivity index (χ0n) is 8.27. The molecule has 0 aromatic carbocycles. The van der Waals surface area contributed by atoms with Crippen LogP contribution >= 0.6 is 0 Å². The van der Waals surface area contributed by atoms with E-state index >= 15 is 0 Å². The Labute approximate surface area is 84.0 Å². The van der Waals surface area contributed by atoms with Gasteiger partial charge in [-0.3, -0.25) is 0 Å². The van der Waals surface area contributed by atoms with Gasteiger partial charge >= 0.3 is 0 Å². The predicted molar refractivity (Wildman–Crippen MR) is 55.0 cm³/mol. The number of rotatable bonds is 2. The lowest BCUT2D eigenvalue weighted by Gasteiger charge is -2.35. The summed E-state index contributed by atoms with van der Waals surface area (Å²) in [5, 5.41) is 8.63. The minimum Gasteiger partial charge on any atom is -0.357 e. The number of hydrogen-bond acceptors (Lipinski definition) is 3. The standard InChI is InChI=1S/C11H13N3/c1-14(10-3-2-4-10)11-6-5-9(7-12)8-13-11/h5-6,8,10H,2-4H2,1H3. The molecule has 1 aliphatic rings. The molecule has 1 fully saturated rings. The first-order chi connectivity index (χ1) is 6.81. The lowest BCUT2D eigenvalue weighted by atomic mass is 9.92. The van der Waals surface area contributed by atoms with Crippen LogP contribution < -0.4 is 4.90 Å². The van der Waals surface area contributed by atoms with E-state index < -0.39 is 0 Å².